The maximum Gasteiger partial charge on any atom is 0.131 e. The topological polar surface area (TPSA) is 42.2 Å². The van der Waals surface area contributed by atoms with Crippen molar-refractivity contribution in [2.24, 2.45) is 5.73 Å². The second-order valence-corrected chi connectivity index (χ2v) is 3.96. The van der Waals surface area contributed by atoms with Crippen molar-refractivity contribution < 1.29 is 0 Å². The van der Waals surface area contributed by atoms with Crippen LogP contribution in [0.1, 0.15) is 32.3 Å². The molecule has 0 spiro atoms. The quantitative estimate of drug-likeness (QED) is 0.767. The Kier molecular flexibility index (Phi) is 5.86. The molecule has 0 bridgehead atoms. The lowest BCUT2D eigenvalue weighted by Crippen LogP contribution is -2.26. The van der Waals surface area contributed by atoms with E-state index in [-0.39, 0.29) is 0 Å². The van der Waals surface area contributed by atoms with Crippen LogP contribution in [0.3, 0.4) is 0 Å². The van der Waals surface area contributed by atoms with E-state index in [9.17, 15) is 0 Å². The minimum Gasteiger partial charge on any atom is -0.357 e. The van der Waals surface area contributed by atoms with E-state index < -0.39 is 0 Å². The Bertz CT molecular complexity index is 299. The molecule has 3 heteroatoms. The Labute approximate surface area is 98.7 Å². The van der Waals surface area contributed by atoms with E-state index in [4.69, 9.17) is 5.73 Å². The van der Waals surface area contributed by atoms with Crippen molar-refractivity contribution in [1.82, 2.24) is 4.98 Å². The molecule has 0 atom stereocenters. The molecule has 0 aliphatic heterocycles. The number of hydrogen-bond acceptors (Lipinski definition) is 3. The fourth-order valence-electron chi connectivity index (χ4n) is 1.83. The average molecular weight is 221 g/mol. The summed E-state index contributed by atoms with van der Waals surface area (Å²) in [5.41, 5.74) is 6.89. The molecule has 1 rings (SSSR count). The molecule has 16 heavy (non-hydrogen) atoms. The van der Waals surface area contributed by atoms with Crippen LogP contribution in [0.2, 0.25) is 0 Å². The number of unbranched alkanes of at least 4 members (excludes halogenated alkanes) is 1. The van der Waals surface area contributed by atoms with Crippen molar-refractivity contribution in [2.75, 3.05) is 24.5 Å². The highest BCUT2D eigenvalue weighted by atomic mass is 15.2. The van der Waals surface area contributed by atoms with Crippen molar-refractivity contribution in [3.63, 3.8) is 0 Å². The lowest BCUT2D eigenvalue weighted by molar-refractivity contribution is 0.719. The van der Waals surface area contributed by atoms with Gasteiger partial charge in [-0.25, -0.2) is 4.98 Å². The molecule has 0 unspecified atom stereocenters. The van der Waals surface area contributed by atoms with Crippen molar-refractivity contribution in [1.29, 1.82) is 0 Å². The van der Waals surface area contributed by atoms with Gasteiger partial charge in [0.15, 0.2) is 0 Å². The number of aromatic nitrogens is 1. The Balaban J connectivity index is 2.81. The molecule has 1 heterocycles. The van der Waals surface area contributed by atoms with Crippen molar-refractivity contribution >= 4 is 5.82 Å². The van der Waals surface area contributed by atoms with Gasteiger partial charge in [0, 0.05) is 19.3 Å². The minimum absolute atomic E-state index is 0.685. The van der Waals surface area contributed by atoms with Gasteiger partial charge in [0.05, 0.1) is 0 Å². The van der Waals surface area contributed by atoms with Gasteiger partial charge < -0.3 is 10.6 Å². The standard InChI is InChI=1S/C13H23N3/c1-3-5-11-16(4-2)13-12(8-9-14)7-6-10-15-13/h6-7,10H,3-5,8-9,11,14H2,1-2H3. The molecule has 2 N–H and O–H groups in total. The number of pyridine rings is 1. The maximum absolute atomic E-state index is 5.62. The smallest absolute Gasteiger partial charge is 0.131 e. The maximum atomic E-state index is 5.62. The third-order valence-electron chi connectivity index (χ3n) is 2.74. The normalized spacial score (nSPS) is 10.4. The van der Waals surface area contributed by atoms with E-state index >= 15 is 0 Å². The molecule has 0 saturated heterocycles. The molecular weight excluding hydrogens is 198 g/mol. The van der Waals surface area contributed by atoms with Crippen LogP contribution in [0.5, 0.6) is 0 Å². The first-order valence-electron chi connectivity index (χ1n) is 6.22. The fourth-order valence-corrected chi connectivity index (χ4v) is 1.83. The highest BCUT2D eigenvalue weighted by molar-refractivity contribution is 5.46. The molecule has 0 amide bonds. The van der Waals surface area contributed by atoms with Crippen LogP contribution in [0.15, 0.2) is 18.3 Å². The van der Waals surface area contributed by atoms with Gasteiger partial charge in [0.25, 0.3) is 0 Å². The van der Waals surface area contributed by atoms with E-state index in [1.165, 1.54) is 18.4 Å². The largest absolute Gasteiger partial charge is 0.357 e. The molecule has 90 valence electrons. The molecular formula is C13H23N3. The summed E-state index contributed by atoms with van der Waals surface area (Å²) in [5, 5.41) is 0. The summed E-state index contributed by atoms with van der Waals surface area (Å²) >= 11 is 0. The Morgan fingerprint density at radius 2 is 2.19 bits per heavy atom. The van der Waals surface area contributed by atoms with Gasteiger partial charge in [-0.3, -0.25) is 0 Å². The first-order chi connectivity index (χ1) is 7.83. The highest BCUT2D eigenvalue weighted by Crippen LogP contribution is 2.17. The summed E-state index contributed by atoms with van der Waals surface area (Å²) < 4.78 is 0. The van der Waals surface area contributed by atoms with Crippen LogP contribution >= 0.6 is 0 Å². The second-order valence-electron chi connectivity index (χ2n) is 3.96. The zero-order valence-electron chi connectivity index (χ0n) is 10.4. The first-order valence-corrected chi connectivity index (χ1v) is 6.22. The summed E-state index contributed by atoms with van der Waals surface area (Å²) in [6, 6.07) is 4.12. The zero-order chi connectivity index (χ0) is 11.8. The van der Waals surface area contributed by atoms with Crippen LogP contribution in [-0.4, -0.2) is 24.6 Å². The van der Waals surface area contributed by atoms with Crippen LogP contribution in [0.4, 0.5) is 5.82 Å². The lowest BCUT2D eigenvalue weighted by Gasteiger charge is -2.24. The minimum atomic E-state index is 0.685. The summed E-state index contributed by atoms with van der Waals surface area (Å²) in [4.78, 5) is 6.83. The van der Waals surface area contributed by atoms with Crippen molar-refractivity contribution in [3.05, 3.63) is 23.9 Å². The van der Waals surface area contributed by atoms with Gasteiger partial charge >= 0.3 is 0 Å². The Morgan fingerprint density at radius 1 is 1.38 bits per heavy atom. The number of hydrogen-bond donors (Lipinski definition) is 1. The average Bonchev–Trinajstić information content (AvgIpc) is 2.32. The molecule has 0 aliphatic carbocycles. The van der Waals surface area contributed by atoms with E-state index in [0.717, 1.165) is 25.3 Å². The monoisotopic (exact) mass is 221 g/mol. The third-order valence-corrected chi connectivity index (χ3v) is 2.74. The van der Waals surface area contributed by atoms with Gasteiger partial charge in [-0.05, 0) is 37.9 Å². The predicted molar refractivity (Wildman–Crippen MR) is 69.8 cm³/mol. The predicted octanol–water partition coefficient (Wildman–Crippen LogP) is 2.21. The van der Waals surface area contributed by atoms with Crippen LogP contribution in [0, 0.1) is 0 Å². The van der Waals surface area contributed by atoms with Crippen molar-refractivity contribution in [2.45, 2.75) is 33.1 Å². The van der Waals surface area contributed by atoms with Gasteiger partial charge in [-0.2, -0.15) is 0 Å². The molecule has 1 aromatic heterocycles. The van der Waals surface area contributed by atoms with Gasteiger partial charge in [-0.1, -0.05) is 19.4 Å². The first kappa shape index (κ1) is 13.0. The summed E-state index contributed by atoms with van der Waals surface area (Å²) in [5.74, 6) is 1.11. The third kappa shape index (κ3) is 3.49. The number of nitrogens with two attached hydrogens (primary N) is 1. The van der Waals surface area contributed by atoms with Gasteiger partial charge in [0.2, 0.25) is 0 Å². The molecule has 0 fully saturated rings. The number of anilines is 1. The van der Waals surface area contributed by atoms with Gasteiger partial charge in [0.1, 0.15) is 5.82 Å². The van der Waals surface area contributed by atoms with Gasteiger partial charge in [-0.15, -0.1) is 0 Å². The molecule has 0 aromatic carbocycles. The number of rotatable bonds is 7. The summed E-state index contributed by atoms with van der Waals surface area (Å²) in [6.07, 6.45) is 5.21. The van der Waals surface area contributed by atoms with Crippen LogP contribution < -0.4 is 10.6 Å². The van der Waals surface area contributed by atoms with Crippen LogP contribution in [-0.2, 0) is 6.42 Å². The second kappa shape index (κ2) is 7.23. The van der Waals surface area contributed by atoms with E-state index in [2.05, 4.69) is 29.8 Å². The Morgan fingerprint density at radius 3 is 2.81 bits per heavy atom. The molecule has 1 aromatic rings. The summed E-state index contributed by atoms with van der Waals surface area (Å²) in [6.45, 7) is 7.17. The molecule has 0 saturated carbocycles. The van der Waals surface area contributed by atoms with E-state index in [0.29, 0.717) is 6.54 Å². The highest BCUT2D eigenvalue weighted by Gasteiger charge is 2.09. The lowest BCUT2D eigenvalue weighted by atomic mass is 10.1. The SMILES string of the molecule is CCCCN(CC)c1ncccc1CCN. The Hall–Kier alpha value is -1.09. The van der Waals surface area contributed by atoms with E-state index in [1.807, 2.05) is 12.3 Å². The fraction of sp³-hybridized carbons (Fsp3) is 0.615. The molecule has 0 aliphatic rings. The zero-order valence-corrected chi connectivity index (χ0v) is 10.4. The van der Waals surface area contributed by atoms with E-state index in [1.54, 1.807) is 0 Å². The summed E-state index contributed by atoms with van der Waals surface area (Å²) in [7, 11) is 0. The van der Waals surface area contributed by atoms with Crippen LogP contribution in [0.25, 0.3) is 0 Å². The van der Waals surface area contributed by atoms with Crippen molar-refractivity contribution in [3.8, 4) is 0 Å². The molecule has 0 radical (unpaired) electrons. The molecule has 3 nitrogen and oxygen atoms in total. The number of nitrogens with zero attached hydrogens (tertiary/aromatic N) is 2.